The molecule has 3 nitrogen and oxygen atoms in total. The van der Waals surface area contributed by atoms with Crippen LogP contribution in [0.5, 0.6) is 17.2 Å². The average molecular weight is 281 g/mol. The van der Waals surface area contributed by atoms with E-state index in [0.717, 1.165) is 22.6 Å². The summed E-state index contributed by atoms with van der Waals surface area (Å²) in [7, 11) is 4.94. The SMILES string of the molecule is COc1cc(OC)c(C2=C[CH]c3ccccc32)c(OC)c1. The van der Waals surface area contributed by atoms with Gasteiger partial charge in [0, 0.05) is 18.6 Å². The van der Waals surface area contributed by atoms with Crippen LogP contribution in [-0.4, -0.2) is 21.3 Å². The van der Waals surface area contributed by atoms with Crippen LogP contribution in [0.15, 0.2) is 42.5 Å². The summed E-state index contributed by atoms with van der Waals surface area (Å²) in [5, 5.41) is 0. The first-order chi connectivity index (χ1) is 10.3. The quantitative estimate of drug-likeness (QED) is 0.855. The first-order valence-corrected chi connectivity index (χ1v) is 6.73. The van der Waals surface area contributed by atoms with Gasteiger partial charge in [-0.15, -0.1) is 0 Å². The predicted octanol–water partition coefficient (Wildman–Crippen LogP) is 3.71. The third-order valence-electron chi connectivity index (χ3n) is 3.66. The molecule has 0 fully saturated rings. The van der Waals surface area contributed by atoms with Gasteiger partial charge in [-0.25, -0.2) is 0 Å². The van der Waals surface area contributed by atoms with Crippen LogP contribution < -0.4 is 14.2 Å². The van der Waals surface area contributed by atoms with Gasteiger partial charge in [0.25, 0.3) is 0 Å². The molecule has 0 aromatic heterocycles. The van der Waals surface area contributed by atoms with Gasteiger partial charge >= 0.3 is 0 Å². The van der Waals surface area contributed by atoms with E-state index in [0.29, 0.717) is 5.75 Å². The molecule has 0 heterocycles. The summed E-state index contributed by atoms with van der Waals surface area (Å²) in [4.78, 5) is 0. The first kappa shape index (κ1) is 13.6. The topological polar surface area (TPSA) is 27.7 Å². The maximum atomic E-state index is 5.54. The second-order valence-corrected chi connectivity index (χ2v) is 4.74. The molecule has 3 rings (SSSR count). The van der Waals surface area contributed by atoms with Crippen molar-refractivity contribution in [3.05, 3.63) is 65.6 Å². The minimum absolute atomic E-state index is 0.711. The largest absolute Gasteiger partial charge is 0.496 e. The van der Waals surface area contributed by atoms with Crippen LogP contribution in [-0.2, 0) is 0 Å². The molecule has 0 spiro atoms. The highest BCUT2D eigenvalue weighted by atomic mass is 16.5. The van der Waals surface area contributed by atoms with Crippen LogP contribution in [0, 0.1) is 6.42 Å². The van der Waals surface area contributed by atoms with Crippen molar-refractivity contribution < 1.29 is 14.2 Å². The van der Waals surface area contributed by atoms with Gasteiger partial charge in [0.1, 0.15) is 17.2 Å². The van der Waals surface area contributed by atoms with Crippen molar-refractivity contribution in [2.75, 3.05) is 21.3 Å². The van der Waals surface area contributed by atoms with Crippen LogP contribution in [0.1, 0.15) is 16.7 Å². The van der Waals surface area contributed by atoms with Gasteiger partial charge in [0.2, 0.25) is 0 Å². The lowest BCUT2D eigenvalue weighted by atomic mass is 9.97. The number of fused-ring (bicyclic) bond motifs is 1. The maximum Gasteiger partial charge on any atom is 0.134 e. The zero-order chi connectivity index (χ0) is 14.8. The van der Waals surface area contributed by atoms with Crippen LogP contribution in [0.2, 0.25) is 0 Å². The molecule has 0 N–H and O–H groups in total. The molecule has 2 aromatic rings. The number of hydrogen-bond donors (Lipinski definition) is 0. The summed E-state index contributed by atoms with van der Waals surface area (Å²) in [6.07, 6.45) is 4.20. The summed E-state index contributed by atoms with van der Waals surface area (Å²) in [5.41, 5.74) is 4.43. The number of ether oxygens (including phenoxy) is 3. The summed E-state index contributed by atoms with van der Waals surface area (Å²) in [5.74, 6) is 2.19. The molecular weight excluding hydrogens is 264 g/mol. The lowest BCUT2D eigenvalue weighted by molar-refractivity contribution is 0.374. The van der Waals surface area contributed by atoms with Gasteiger partial charge in [0.15, 0.2) is 0 Å². The van der Waals surface area contributed by atoms with E-state index in [1.807, 2.05) is 24.3 Å². The summed E-state index contributed by atoms with van der Waals surface area (Å²) >= 11 is 0. The van der Waals surface area contributed by atoms with E-state index in [9.17, 15) is 0 Å². The third kappa shape index (κ3) is 2.25. The number of benzene rings is 2. The van der Waals surface area contributed by atoms with E-state index < -0.39 is 0 Å². The molecule has 0 saturated heterocycles. The Morgan fingerprint density at radius 1 is 0.810 bits per heavy atom. The normalized spacial score (nSPS) is 12.6. The number of hydrogen-bond acceptors (Lipinski definition) is 3. The number of rotatable bonds is 4. The van der Waals surface area contributed by atoms with E-state index in [2.05, 4.69) is 24.6 Å². The Hall–Kier alpha value is -2.42. The van der Waals surface area contributed by atoms with Crippen molar-refractivity contribution >= 4 is 5.57 Å². The maximum absolute atomic E-state index is 5.54. The second kappa shape index (κ2) is 5.52. The zero-order valence-electron chi connectivity index (χ0n) is 12.3. The zero-order valence-corrected chi connectivity index (χ0v) is 12.3. The number of allylic oxidation sites excluding steroid dienone is 1. The monoisotopic (exact) mass is 281 g/mol. The van der Waals surface area contributed by atoms with Gasteiger partial charge in [-0.1, -0.05) is 30.3 Å². The van der Waals surface area contributed by atoms with Gasteiger partial charge in [0.05, 0.1) is 26.9 Å². The molecule has 1 radical (unpaired) electrons. The number of methoxy groups -OCH3 is 3. The summed E-state index contributed by atoms with van der Waals surface area (Å²) in [6.45, 7) is 0. The molecule has 0 aliphatic heterocycles. The molecule has 1 aliphatic rings. The van der Waals surface area contributed by atoms with Crippen molar-refractivity contribution in [3.8, 4) is 17.2 Å². The van der Waals surface area contributed by atoms with Crippen molar-refractivity contribution in [2.45, 2.75) is 0 Å². The molecule has 21 heavy (non-hydrogen) atoms. The molecule has 3 heteroatoms. The Kier molecular flexibility index (Phi) is 3.57. The van der Waals surface area contributed by atoms with E-state index in [4.69, 9.17) is 14.2 Å². The van der Waals surface area contributed by atoms with Crippen LogP contribution in [0.4, 0.5) is 0 Å². The summed E-state index contributed by atoms with van der Waals surface area (Å²) in [6, 6.07) is 12.0. The van der Waals surface area contributed by atoms with Crippen LogP contribution in [0.3, 0.4) is 0 Å². The fourth-order valence-corrected chi connectivity index (χ4v) is 2.64. The van der Waals surface area contributed by atoms with Crippen LogP contribution >= 0.6 is 0 Å². The average Bonchev–Trinajstić information content (AvgIpc) is 2.97. The van der Waals surface area contributed by atoms with E-state index in [-0.39, 0.29) is 0 Å². The van der Waals surface area contributed by atoms with Gasteiger partial charge in [-0.3, -0.25) is 0 Å². The standard InChI is InChI=1S/C18H17O3/c1-19-13-10-16(20-2)18(17(11-13)21-3)15-9-8-12-6-4-5-7-14(12)15/h4-11H,1-3H3. The minimum Gasteiger partial charge on any atom is -0.496 e. The highest BCUT2D eigenvalue weighted by molar-refractivity contribution is 5.92. The Morgan fingerprint density at radius 2 is 1.48 bits per heavy atom. The molecule has 0 atom stereocenters. The van der Waals surface area contributed by atoms with Gasteiger partial charge in [-0.05, 0) is 16.7 Å². The third-order valence-corrected chi connectivity index (χ3v) is 3.66. The van der Waals surface area contributed by atoms with Gasteiger partial charge < -0.3 is 14.2 Å². The van der Waals surface area contributed by atoms with Gasteiger partial charge in [-0.2, -0.15) is 0 Å². The van der Waals surface area contributed by atoms with Crippen molar-refractivity contribution in [1.29, 1.82) is 0 Å². The van der Waals surface area contributed by atoms with E-state index in [1.54, 1.807) is 21.3 Å². The predicted molar refractivity (Wildman–Crippen MR) is 83.0 cm³/mol. The lowest BCUT2D eigenvalue weighted by Gasteiger charge is -2.16. The van der Waals surface area contributed by atoms with Crippen molar-refractivity contribution in [3.63, 3.8) is 0 Å². The molecule has 0 unspecified atom stereocenters. The molecule has 1 aliphatic carbocycles. The minimum atomic E-state index is 0.711. The van der Waals surface area contributed by atoms with Crippen molar-refractivity contribution in [2.24, 2.45) is 0 Å². The van der Waals surface area contributed by atoms with Crippen molar-refractivity contribution in [1.82, 2.24) is 0 Å². The Labute approximate surface area is 124 Å². The molecule has 0 amide bonds. The molecule has 0 saturated carbocycles. The van der Waals surface area contributed by atoms with Crippen LogP contribution in [0.25, 0.3) is 5.57 Å². The fourth-order valence-electron chi connectivity index (χ4n) is 2.64. The molecule has 107 valence electrons. The highest BCUT2D eigenvalue weighted by Gasteiger charge is 2.23. The smallest absolute Gasteiger partial charge is 0.134 e. The molecule has 0 bridgehead atoms. The van der Waals surface area contributed by atoms with E-state index >= 15 is 0 Å². The second-order valence-electron chi connectivity index (χ2n) is 4.74. The lowest BCUT2D eigenvalue weighted by Crippen LogP contribution is -1.98. The Balaban J connectivity index is 2.19. The Bertz CT molecular complexity index is 676. The molecule has 2 aromatic carbocycles. The first-order valence-electron chi connectivity index (χ1n) is 6.73. The Morgan fingerprint density at radius 3 is 2.10 bits per heavy atom. The molecular formula is C18H17O3. The fraction of sp³-hybridized carbons (Fsp3) is 0.167. The summed E-state index contributed by atoms with van der Waals surface area (Å²) < 4.78 is 16.4. The van der Waals surface area contributed by atoms with E-state index in [1.165, 1.54) is 11.1 Å². The highest BCUT2D eigenvalue weighted by Crippen LogP contribution is 2.44.